The summed E-state index contributed by atoms with van der Waals surface area (Å²) in [5.41, 5.74) is 1.93. The van der Waals surface area contributed by atoms with E-state index in [1.54, 1.807) is 12.0 Å². The summed E-state index contributed by atoms with van der Waals surface area (Å²) < 4.78 is 9.92. The lowest BCUT2D eigenvalue weighted by molar-refractivity contribution is -0.141. The summed E-state index contributed by atoms with van der Waals surface area (Å²) in [6.45, 7) is 1.52. The number of fused-ring (bicyclic) bond motifs is 1. The highest BCUT2D eigenvalue weighted by Crippen LogP contribution is 2.34. The van der Waals surface area contributed by atoms with Gasteiger partial charge in [-0.3, -0.25) is 9.59 Å². The maximum absolute atomic E-state index is 11.9. The van der Waals surface area contributed by atoms with Crippen LogP contribution in [0.25, 0.3) is 0 Å². The molecule has 1 aliphatic heterocycles. The summed E-state index contributed by atoms with van der Waals surface area (Å²) in [7, 11) is 2.98. The Morgan fingerprint density at radius 1 is 1.35 bits per heavy atom. The molecule has 0 bridgehead atoms. The number of amides is 1. The predicted molar refractivity (Wildman–Crippen MR) is 74.9 cm³/mol. The Bertz CT molecular complexity index is 527. The maximum atomic E-state index is 11.9. The van der Waals surface area contributed by atoms with Crippen LogP contribution in [0.5, 0.6) is 5.75 Å². The number of aryl methyl sites for hydroxylation is 1. The van der Waals surface area contributed by atoms with Crippen LogP contribution in [0.3, 0.4) is 0 Å². The Morgan fingerprint density at radius 3 is 2.70 bits per heavy atom. The minimum atomic E-state index is -0.293. The second kappa shape index (κ2) is 5.94. The molecule has 0 saturated heterocycles. The van der Waals surface area contributed by atoms with Gasteiger partial charge in [0.1, 0.15) is 5.75 Å². The van der Waals surface area contributed by atoms with E-state index in [1.807, 2.05) is 18.2 Å². The monoisotopic (exact) mass is 277 g/mol. The number of carbonyl (C=O) groups is 2. The zero-order valence-corrected chi connectivity index (χ0v) is 12.0. The minimum Gasteiger partial charge on any atom is -0.497 e. The molecule has 0 saturated carbocycles. The molecule has 1 unspecified atom stereocenters. The first-order chi connectivity index (χ1) is 9.56. The van der Waals surface area contributed by atoms with Crippen molar-refractivity contribution < 1.29 is 19.1 Å². The lowest BCUT2D eigenvalue weighted by atomic mass is 9.93. The highest BCUT2D eigenvalue weighted by Gasteiger charge is 2.31. The fourth-order valence-corrected chi connectivity index (χ4v) is 2.67. The molecular weight excluding hydrogens is 258 g/mol. The van der Waals surface area contributed by atoms with Gasteiger partial charge in [0, 0.05) is 18.7 Å². The predicted octanol–water partition coefficient (Wildman–Crippen LogP) is 1.93. The van der Waals surface area contributed by atoms with Crippen LogP contribution in [-0.4, -0.2) is 32.1 Å². The molecule has 0 aliphatic carbocycles. The van der Waals surface area contributed by atoms with Gasteiger partial charge in [0.15, 0.2) is 0 Å². The summed E-state index contributed by atoms with van der Waals surface area (Å²) in [5.74, 6) is 0.418. The van der Waals surface area contributed by atoms with Gasteiger partial charge >= 0.3 is 5.97 Å². The lowest BCUT2D eigenvalue weighted by Gasteiger charge is -2.36. The molecule has 1 amide bonds. The number of methoxy groups -OCH3 is 2. The number of hydrogen-bond acceptors (Lipinski definition) is 4. The average molecular weight is 277 g/mol. The number of nitrogens with zero attached hydrogens (tertiary/aromatic N) is 1. The lowest BCUT2D eigenvalue weighted by Crippen LogP contribution is -2.43. The van der Waals surface area contributed by atoms with Crippen LogP contribution >= 0.6 is 0 Å². The molecule has 5 nitrogen and oxygen atoms in total. The van der Waals surface area contributed by atoms with Crippen LogP contribution in [0.1, 0.15) is 25.3 Å². The van der Waals surface area contributed by atoms with E-state index in [-0.39, 0.29) is 24.3 Å². The fourth-order valence-electron chi connectivity index (χ4n) is 2.67. The number of ether oxygens (including phenoxy) is 2. The van der Waals surface area contributed by atoms with Gasteiger partial charge in [-0.2, -0.15) is 0 Å². The summed E-state index contributed by atoms with van der Waals surface area (Å²) in [5, 5.41) is 0. The van der Waals surface area contributed by atoms with Gasteiger partial charge in [0.2, 0.25) is 5.91 Å². The van der Waals surface area contributed by atoms with Crippen molar-refractivity contribution in [3.8, 4) is 5.75 Å². The van der Waals surface area contributed by atoms with Crippen LogP contribution in [-0.2, 0) is 20.7 Å². The van der Waals surface area contributed by atoms with E-state index >= 15 is 0 Å². The van der Waals surface area contributed by atoms with Gasteiger partial charge in [0.25, 0.3) is 0 Å². The highest BCUT2D eigenvalue weighted by atomic mass is 16.5. The first kappa shape index (κ1) is 14.4. The Hall–Kier alpha value is -2.04. The van der Waals surface area contributed by atoms with Crippen LogP contribution < -0.4 is 9.64 Å². The number of esters is 1. The van der Waals surface area contributed by atoms with E-state index in [0.717, 1.165) is 29.8 Å². The molecule has 0 spiro atoms. The largest absolute Gasteiger partial charge is 0.497 e. The average Bonchev–Trinajstić information content (AvgIpc) is 2.45. The topological polar surface area (TPSA) is 55.8 Å². The molecular formula is C15H19NO4. The van der Waals surface area contributed by atoms with Crippen LogP contribution in [0.15, 0.2) is 18.2 Å². The molecule has 0 N–H and O–H groups in total. The van der Waals surface area contributed by atoms with E-state index in [2.05, 4.69) is 0 Å². The smallest absolute Gasteiger partial charge is 0.307 e. The third-order valence-corrected chi connectivity index (χ3v) is 3.63. The summed E-state index contributed by atoms with van der Waals surface area (Å²) >= 11 is 0. The van der Waals surface area contributed by atoms with Crippen LogP contribution in [0, 0.1) is 0 Å². The molecule has 2 rings (SSSR count). The third kappa shape index (κ3) is 2.76. The maximum Gasteiger partial charge on any atom is 0.307 e. The van der Waals surface area contributed by atoms with Crippen molar-refractivity contribution in [2.75, 3.05) is 19.1 Å². The first-order valence-corrected chi connectivity index (χ1v) is 6.60. The van der Waals surface area contributed by atoms with E-state index < -0.39 is 0 Å². The van der Waals surface area contributed by atoms with E-state index in [1.165, 1.54) is 14.0 Å². The van der Waals surface area contributed by atoms with Crippen molar-refractivity contribution in [2.24, 2.45) is 0 Å². The second-order valence-electron chi connectivity index (χ2n) is 4.86. The summed E-state index contributed by atoms with van der Waals surface area (Å²) in [6.07, 6.45) is 1.79. The molecule has 1 aromatic rings. The zero-order valence-electron chi connectivity index (χ0n) is 12.0. The quantitative estimate of drug-likeness (QED) is 0.792. The van der Waals surface area contributed by atoms with Crippen molar-refractivity contribution in [2.45, 2.75) is 32.2 Å². The number of hydrogen-bond donors (Lipinski definition) is 0. The van der Waals surface area contributed by atoms with Gasteiger partial charge in [-0.05, 0) is 36.6 Å². The number of rotatable bonds is 3. The van der Waals surface area contributed by atoms with Crippen molar-refractivity contribution >= 4 is 17.6 Å². The SMILES string of the molecule is COC(=O)CC1CCc2cc(OC)ccc2N1C(C)=O. The number of carbonyl (C=O) groups excluding carboxylic acids is 2. The van der Waals surface area contributed by atoms with Gasteiger partial charge in [-0.1, -0.05) is 0 Å². The van der Waals surface area contributed by atoms with Crippen molar-refractivity contribution in [3.05, 3.63) is 23.8 Å². The van der Waals surface area contributed by atoms with Crippen molar-refractivity contribution in [1.82, 2.24) is 0 Å². The molecule has 0 aromatic heterocycles. The Kier molecular flexibility index (Phi) is 4.27. The van der Waals surface area contributed by atoms with Gasteiger partial charge in [-0.15, -0.1) is 0 Å². The van der Waals surface area contributed by atoms with Gasteiger partial charge in [-0.25, -0.2) is 0 Å². The van der Waals surface area contributed by atoms with Crippen LogP contribution in [0.4, 0.5) is 5.69 Å². The minimum absolute atomic E-state index is 0.0648. The zero-order chi connectivity index (χ0) is 14.7. The van der Waals surface area contributed by atoms with Gasteiger partial charge < -0.3 is 14.4 Å². The van der Waals surface area contributed by atoms with E-state index in [9.17, 15) is 9.59 Å². The molecule has 1 heterocycles. The molecule has 5 heteroatoms. The van der Waals surface area contributed by atoms with Crippen molar-refractivity contribution in [3.63, 3.8) is 0 Å². The summed E-state index contributed by atoms with van der Waals surface area (Å²) in [4.78, 5) is 25.1. The number of benzene rings is 1. The fraction of sp³-hybridized carbons (Fsp3) is 0.467. The second-order valence-corrected chi connectivity index (χ2v) is 4.86. The van der Waals surface area contributed by atoms with E-state index in [0.29, 0.717) is 0 Å². The molecule has 1 aromatic carbocycles. The van der Waals surface area contributed by atoms with E-state index in [4.69, 9.17) is 9.47 Å². The highest BCUT2D eigenvalue weighted by molar-refractivity contribution is 5.94. The molecule has 0 fully saturated rings. The molecule has 108 valence electrons. The molecule has 1 atom stereocenters. The first-order valence-electron chi connectivity index (χ1n) is 6.60. The standard InChI is InChI=1S/C15H19NO4/c1-10(17)16-12(9-15(18)20-3)5-4-11-8-13(19-2)6-7-14(11)16/h6-8,12H,4-5,9H2,1-3H3. The number of anilines is 1. The molecule has 0 radical (unpaired) electrons. The van der Waals surface area contributed by atoms with Crippen molar-refractivity contribution in [1.29, 1.82) is 0 Å². The Labute approximate surface area is 118 Å². The summed E-state index contributed by atoms with van der Waals surface area (Å²) in [6, 6.07) is 5.51. The molecule has 20 heavy (non-hydrogen) atoms. The third-order valence-electron chi connectivity index (χ3n) is 3.63. The molecule has 1 aliphatic rings. The van der Waals surface area contributed by atoms with Gasteiger partial charge in [0.05, 0.1) is 20.6 Å². The van der Waals surface area contributed by atoms with Crippen LogP contribution in [0.2, 0.25) is 0 Å². The normalized spacial score (nSPS) is 17.4. The Morgan fingerprint density at radius 2 is 2.10 bits per heavy atom. The Balaban J connectivity index is 2.33.